The van der Waals surface area contributed by atoms with Gasteiger partial charge in [0.05, 0.1) is 32.2 Å². The van der Waals surface area contributed by atoms with E-state index < -0.39 is 23.4 Å². The van der Waals surface area contributed by atoms with Gasteiger partial charge in [0.2, 0.25) is 5.95 Å². The lowest BCUT2D eigenvalue weighted by Gasteiger charge is -2.29. The molecule has 13 heteroatoms. The van der Waals surface area contributed by atoms with E-state index in [9.17, 15) is 14.4 Å². The number of halogens is 1. The molecule has 0 spiro atoms. The van der Waals surface area contributed by atoms with Gasteiger partial charge in [0.25, 0.3) is 5.91 Å². The highest BCUT2D eigenvalue weighted by atomic mass is 35.5. The Balaban J connectivity index is 2.08. The van der Waals surface area contributed by atoms with Crippen molar-refractivity contribution < 1.29 is 33.3 Å². The van der Waals surface area contributed by atoms with Gasteiger partial charge in [-0.25, -0.2) is 19.5 Å². The van der Waals surface area contributed by atoms with Crippen molar-refractivity contribution in [2.45, 2.75) is 52.7 Å². The van der Waals surface area contributed by atoms with E-state index in [-0.39, 0.29) is 34.1 Å². The molecule has 0 aliphatic carbocycles. The van der Waals surface area contributed by atoms with E-state index in [2.05, 4.69) is 9.97 Å². The van der Waals surface area contributed by atoms with E-state index in [4.69, 9.17) is 30.5 Å². The first-order valence-corrected chi connectivity index (χ1v) is 13.1. The molecule has 40 heavy (non-hydrogen) atoms. The van der Waals surface area contributed by atoms with Crippen molar-refractivity contribution in [3.63, 3.8) is 0 Å². The molecule has 0 bridgehead atoms. The average molecular weight is 578 g/mol. The SMILES string of the molecule is COc1cc(C(=O)N2CCOCC2)ccc1N(C(=O)OC(C)(C)C)c1ncc(Cl)c(N(C)C(=O)OC(C)(C)C)n1. The van der Waals surface area contributed by atoms with Crippen LogP contribution in [0.3, 0.4) is 0 Å². The molecule has 1 saturated heterocycles. The van der Waals surface area contributed by atoms with Crippen LogP contribution in [-0.2, 0) is 14.2 Å². The van der Waals surface area contributed by atoms with Crippen LogP contribution in [0.5, 0.6) is 5.75 Å². The van der Waals surface area contributed by atoms with Gasteiger partial charge in [-0.15, -0.1) is 0 Å². The number of carbonyl (C=O) groups excluding carboxylic acids is 3. The minimum atomic E-state index is -0.864. The van der Waals surface area contributed by atoms with Crippen molar-refractivity contribution in [1.82, 2.24) is 14.9 Å². The standard InChI is InChI=1S/C27H36ClN5O7/c1-26(2,3)39-24(35)31(7)21-18(28)16-29-23(30-21)33(25(36)40-27(4,5)6)19-10-9-17(15-20(19)37-8)22(34)32-11-13-38-14-12-32/h9-10,15-16H,11-14H2,1-8H3. The van der Waals surface area contributed by atoms with Gasteiger partial charge in [0.15, 0.2) is 5.82 Å². The highest BCUT2D eigenvalue weighted by Gasteiger charge is 2.32. The first-order valence-electron chi connectivity index (χ1n) is 12.7. The molecule has 1 aliphatic rings. The number of amides is 3. The summed E-state index contributed by atoms with van der Waals surface area (Å²) in [5.74, 6) is -0.131. The lowest BCUT2D eigenvalue weighted by molar-refractivity contribution is 0.0302. The fourth-order valence-corrected chi connectivity index (χ4v) is 3.87. The molecule has 1 fully saturated rings. The summed E-state index contributed by atoms with van der Waals surface area (Å²) >= 11 is 6.35. The van der Waals surface area contributed by atoms with Crippen molar-refractivity contribution >= 4 is 47.1 Å². The summed E-state index contributed by atoms with van der Waals surface area (Å²) in [6, 6.07) is 4.66. The highest BCUT2D eigenvalue weighted by Crippen LogP contribution is 2.36. The minimum Gasteiger partial charge on any atom is -0.495 e. The molecule has 1 aromatic heterocycles. The molecule has 0 saturated carbocycles. The maximum Gasteiger partial charge on any atom is 0.422 e. The van der Waals surface area contributed by atoms with E-state index in [1.165, 1.54) is 26.4 Å². The molecule has 1 aromatic carbocycles. The van der Waals surface area contributed by atoms with Crippen molar-refractivity contribution in [3.8, 4) is 5.75 Å². The molecule has 0 radical (unpaired) electrons. The summed E-state index contributed by atoms with van der Waals surface area (Å²) < 4.78 is 22.0. The van der Waals surface area contributed by atoms with Crippen LogP contribution >= 0.6 is 11.6 Å². The lowest BCUT2D eigenvalue weighted by atomic mass is 10.1. The van der Waals surface area contributed by atoms with Gasteiger partial charge < -0.3 is 23.8 Å². The first-order chi connectivity index (χ1) is 18.6. The summed E-state index contributed by atoms with van der Waals surface area (Å²) in [7, 11) is 2.86. The number of hydrogen-bond donors (Lipinski definition) is 0. The van der Waals surface area contributed by atoms with Gasteiger partial charge in [-0.2, -0.15) is 4.98 Å². The van der Waals surface area contributed by atoms with Crippen molar-refractivity contribution in [3.05, 3.63) is 35.0 Å². The molecule has 2 heterocycles. The molecule has 218 valence electrons. The number of anilines is 3. The quantitative estimate of drug-likeness (QED) is 0.480. The van der Waals surface area contributed by atoms with E-state index in [1.807, 2.05) is 0 Å². The first kappa shape index (κ1) is 30.9. The molecular weight excluding hydrogens is 542 g/mol. The van der Waals surface area contributed by atoms with Gasteiger partial charge in [0.1, 0.15) is 22.0 Å². The number of hydrogen-bond acceptors (Lipinski definition) is 9. The maximum atomic E-state index is 13.5. The van der Waals surface area contributed by atoms with Crippen LogP contribution in [-0.4, -0.2) is 84.6 Å². The van der Waals surface area contributed by atoms with Crippen molar-refractivity contribution in [2.24, 2.45) is 0 Å². The number of rotatable bonds is 5. The number of methoxy groups -OCH3 is 1. The van der Waals surface area contributed by atoms with Crippen molar-refractivity contribution in [1.29, 1.82) is 0 Å². The van der Waals surface area contributed by atoms with Gasteiger partial charge in [-0.05, 0) is 59.7 Å². The van der Waals surface area contributed by atoms with Crippen LogP contribution in [0.25, 0.3) is 0 Å². The fourth-order valence-electron chi connectivity index (χ4n) is 3.65. The van der Waals surface area contributed by atoms with Crippen LogP contribution in [0.15, 0.2) is 24.4 Å². The Bertz CT molecular complexity index is 1250. The number of aromatic nitrogens is 2. The lowest BCUT2D eigenvalue weighted by Crippen LogP contribution is -2.40. The van der Waals surface area contributed by atoms with E-state index >= 15 is 0 Å². The molecule has 0 unspecified atom stereocenters. The molecule has 2 aromatic rings. The van der Waals surface area contributed by atoms with Crippen LogP contribution < -0.4 is 14.5 Å². The second-order valence-electron chi connectivity index (χ2n) is 11.0. The predicted octanol–water partition coefficient (Wildman–Crippen LogP) is 5.06. The van der Waals surface area contributed by atoms with E-state index in [1.54, 1.807) is 58.6 Å². The van der Waals surface area contributed by atoms with Gasteiger partial charge in [0, 0.05) is 25.7 Å². The van der Waals surface area contributed by atoms with Crippen LogP contribution in [0.1, 0.15) is 51.9 Å². The Labute approximate surface area is 239 Å². The topological polar surface area (TPSA) is 124 Å². The third-order valence-corrected chi connectivity index (χ3v) is 5.71. The molecule has 3 rings (SSSR count). The molecule has 0 N–H and O–H groups in total. The second-order valence-corrected chi connectivity index (χ2v) is 11.4. The number of morpholine rings is 1. The Kier molecular flexibility index (Phi) is 9.47. The highest BCUT2D eigenvalue weighted by molar-refractivity contribution is 6.33. The van der Waals surface area contributed by atoms with Gasteiger partial charge in [-0.3, -0.25) is 9.69 Å². The van der Waals surface area contributed by atoms with Crippen LogP contribution in [0.2, 0.25) is 5.02 Å². The third kappa shape index (κ3) is 7.72. The zero-order valence-corrected chi connectivity index (χ0v) is 24.9. The summed E-state index contributed by atoms with van der Waals surface area (Å²) in [6.07, 6.45) is -0.252. The largest absolute Gasteiger partial charge is 0.495 e. The van der Waals surface area contributed by atoms with Gasteiger partial charge >= 0.3 is 12.2 Å². The normalized spacial score (nSPS) is 13.9. The number of benzene rings is 1. The van der Waals surface area contributed by atoms with Crippen LogP contribution in [0, 0.1) is 0 Å². The monoisotopic (exact) mass is 577 g/mol. The Morgan fingerprint density at radius 2 is 1.60 bits per heavy atom. The summed E-state index contributed by atoms with van der Waals surface area (Å²) in [5, 5.41) is 0.0552. The smallest absolute Gasteiger partial charge is 0.422 e. The van der Waals surface area contributed by atoms with E-state index in [0.717, 1.165) is 9.80 Å². The Morgan fingerprint density at radius 1 is 1.00 bits per heavy atom. The molecular formula is C27H36ClN5O7. The fraction of sp³-hybridized carbons (Fsp3) is 0.519. The molecule has 0 atom stereocenters. The second kappa shape index (κ2) is 12.3. The van der Waals surface area contributed by atoms with Crippen molar-refractivity contribution in [2.75, 3.05) is 50.3 Å². The molecule has 12 nitrogen and oxygen atoms in total. The third-order valence-electron chi connectivity index (χ3n) is 5.44. The average Bonchev–Trinajstić information content (AvgIpc) is 2.87. The Hall–Kier alpha value is -3.64. The van der Waals surface area contributed by atoms with E-state index in [0.29, 0.717) is 31.9 Å². The zero-order chi connectivity index (χ0) is 29.8. The Morgan fingerprint density at radius 3 is 2.17 bits per heavy atom. The predicted molar refractivity (Wildman–Crippen MR) is 150 cm³/mol. The minimum absolute atomic E-state index is 0.00700. The van der Waals surface area contributed by atoms with Crippen LogP contribution in [0.4, 0.5) is 27.0 Å². The zero-order valence-electron chi connectivity index (χ0n) is 24.1. The molecule has 1 aliphatic heterocycles. The van der Waals surface area contributed by atoms with Gasteiger partial charge in [-0.1, -0.05) is 11.6 Å². The molecule has 3 amide bonds. The summed E-state index contributed by atoms with van der Waals surface area (Å²) in [5.41, 5.74) is -1.04. The summed E-state index contributed by atoms with van der Waals surface area (Å²) in [4.78, 5) is 51.9. The number of carbonyl (C=O) groups is 3. The number of nitrogens with zero attached hydrogens (tertiary/aromatic N) is 5. The summed E-state index contributed by atoms with van der Waals surface area (Å²) in [6.45, 7) is 12.2. The maximum absolute atomic E-state index is 13.5. The number of ether oxygens (including phenoxy) is 4.